The summed E-state index contributed by atoms with van der Waals surface area (Å²) in [7, 11) is 1.49. The van der Waals surface area contributed by atoms with Gasteiger partial charge in [0.2, 0.25) is 0 Å². The minimum Gasteiger partial charge on any atom is -0.497 e. The standard InChI is InChI=1S/C18H14F3N3O2/c1-26-14-6-4-5-13(9-14)23-11-12(10-22)17(25)24-16-8-3-2-7-15(16)18(19,20)21/h2-9,11,23H,1H3,(H,24,25)/b12-11-. The van der Waals surface area contributed by atoms with E-state index in [1.54, 1.807) is 30.3 Å². The molecule has 0 saturated carbocycles. The summed E-state index contributed by atoms with van der Waals surface area (Å²) in [5.41, 5.74) is -1.26. The number of anilines is 2. The summed E-state index contributed by atoms with van der Waals surface area (Å²) in [5, 5.41) is 14.0. The topological polar surface area (TPSA) is 74.1 Å². The molecular weight excluding hydrogens is 347 g/mol. The molecule has 0 aliphatic carbocycles. The summed E-state index contributed by atoms with van der Waals surface area (Å²) in [4.78, 5) is 12.1. The van der Waals surface area contributed by atoms with Crippen LogP contribution in [0.3, 0.4) is 0 Å². The number of nitriles is 1. The lowest BCUT2D eigenvalue weighted by Gasteiger charge is -2.13. The van der Waals surface area contributed by atoms with E-state index in [1.165, 1.54) is 19.2 Å². The largest absolute Gasteiger partial charge is 0.497 e. The van der Waals surface area contributed by atoms with E-state index >= 15 is 0 Å². The number of nitrogens with one attached hydrogen (secondary N) is 2. The number of halogens is 3. The summed E-state index contributed by atoms with van der Waals surface area (Å²) < 4.78 is 44.0. The molecule has 134 valence electrons. The number of hydrogen-bond acceptors (Lipinski definition) is 4. The zero-order chi connectivity index (χ0) is 19.2. The molecule has 0 aromatic heterocycles. The molecule has 2 N–H and O–H groups in total. The van der Waals surface area contributed by atoms with Gasteiger partial charge in [0.1, 0.15) is 17.4 Å². The van der Waals surface area contributed by atoms with Crippen molar-refractivity contribution in [3.63, 3.8) is 0 Å². The molecule has 5 nitrogen and oxygen atoms in total. The zero-order valence-electron chi connectivity index (χ0n) is 13.6. The number of alkyl halides is 3. The van der Waals surface area contributed by atoms with Gasteiger partial charge in [0, 0.05) is 18.0 Å². The fraction of sp³-hybridized carbons (Fsp3) is 0.111. The predicted octanol–water partition coefficient (Wildman–Crippen LogP) is 4.17. The fourth-order valence-corrected chi connectivity index (χ4v) is 2.05. The van der Waals surface area contributed by atoms with Gasteiger partial charge in [-0.3, -0.25) is 4.79 Å². The SMILES string of the molecule is COc1cccc(N/C=C(/C#N)C(=O)Nc2ccccc2C(F)(F)F)c1. The van der Waals surface area contributed by atoms with Gasteiger partial charge < -0.3 is 15.4 Å². The Morgan fingerprint density at radius 3 is 2.58 bits per heavy atom. The van der Waals surface area contributed by atoms with Crippen LogP contribution in [-0.4, -0.2) is 13.0 Å². The van der Waals surface area contributed by atoms with Crippen molar-refractivity contribution in [3.05, 3.63) is 65.9 Å². The maximum Gasteiger partial charge on any atom is 0.418 e. The molecule has 8 heteroatoms. The number of carbonyl (C=O) groups excluding carboxylic acids is 1. The van der Waals surface area contributed by atoms with Crippen molar-refractivity contribution in [3.8, 4) is 11.8 Å². The lowest BCUT2D eigenvalue weighted by atomic mass is 10.1. The van der Waals surface area contributed by atoms with Crippen LogP contribution in [0.4, 0.5) is 24.5 Å². The second kappa shape index (κ2) is 8.07. The molecule has 0 aliphatic rings. The molecule has 0 atom stereocenters. The molecule has 1 amide bonds. The molecule has 0 fully saturated rings. The lowest BCUT2D eigenvalue weighted by Crippen LogP contribution is -2.18. The van der Waals surface area contributed by atoms with E-state index < -0.39 is 23.3 Å². The number of carbonyl (C=O) groups is 1. The number of hydrogen-bond donors (Lipinski definition) is 2. The van der Waals surface area contributed by atoms with Crippen LogP contribution < -0.4 is 15.4 Å². The van der Waals surface area contributed by atoms with Gasteiger partial charge in [0.15, 0.2) is 0 Å². The summed E-state index contributed by atoms with van der Waals surface area (Å²) >= 11 is 0. The average molecular weight is 361 g/mol. The maximum absolute atomic E-state index is 13.0. The van der Waals surface area contributed by atoms with Gasteiger partial charge in [-0.2, -0.15) is 18.4 Å². The third-order valence-corrected chi connectivity index (χ3v) is 3.30. The number of nitrogens with zero attached hydrogens (tertiary/aromatic N) is 1. The van der Waals surface area contributed by atoms with Gasteiger partial charge in [0.25, 0.3) is 5.91 Å². The highest BCUT2D eigenvalue weighted by Gasteiger charge is 2.33. The van der Waals surface area contributed by atoms with E-state index in [0.717, 1.165) is 18.3 Å². The molecular formula is C18H14F3N3O2. The molecule has 0 aliphatic heterocycles. The molecule has 2 rings (SSSR count). The number of benzene rings is 2. The Hall–Kier alpha value is -3.47. The van der Waals surface area contributed by atoms with Crippen LogP contribution in [-0.2, 0) is 11.0 Å². The number of rotatable bonds is 5. The van der Waals surface area contributed by atoms with Crippen LogP contribution >= 0.6 is 0 Å². The van der Waals surface area contributed by atoms with Crippen molar-refractivity contribution in [2.45, 2.75) is 6.18 Å². The first-order valence-corrected chi connectivity index (χ1v) is 7.33. The molecule has 0 saturated heterocycles. The van der Waals surface area contributed by atoms with Crippen LogP contribution in [0.5, 0.6) is 5.75 Å². The highest BCUT2D eigenvalue weighted by atomic mass is 19.4. The Kier molecular flexibility index (Phi) is 5.86. The molecule has 0 spiro atoms. The Bertz CT molecular complexity index is 870. The van der Waals surface area contributed by atoms with Crippen molar-refractivity contribution in [1.82, 2.24) is 0 Å². The Morgan fingerprint density at radius 1 is 1.19 bits per heavy atom. The van der Waals surface area contributed by atoms with E-state index in [9.17, 15) is 18.0 Å². The summed E-state index contributed by atoms with van der Waals surface area (Å²) in [6, 6.07) is 12.9. The normalized spacial score (nSPS) is 11.4. The second-order valence-electron chi connectivity index (χ2n) is 5.04. The fourth-order valence-electron chi connectivity index (χ4n) is 2.05. The number of ether oxygens (including phenoxy) is 1. The summed E-state index contributed by atoms with van der Waals surface area (Å²) in [5.74, 6) is -0.398. The Morgan fingerprint density at radius 2 is 1.92 bits per heavy atom. The lowest BCUT2D eigenvalue weighted by molar-refractivity contribution is -0.137. The number of methoxy groups -OCH3 is 1. The third-order valence-electron chi connectivity index (χ3n) is 3.30. The van der Waals surface area contributed by atoms with Crippen molar-refractivity contribution < 1.29 is 22.7 Å². The molecule has 0 unspecified atom stereocenters. The van der Waals surface area contributed by atoms with E-state index in [0.29, 0.717) is 11.4 Å². The van der Waals surface area contributed by atoms with Gasteiger partial charge in [-0.05, 0) is 24.3 Å². The summed E-state index contributed by atoms with van der Waals surface area (Å²) in [6.07, 6.45) is -3.51. The molecule has 0 heterocycles. The highest BCUT2D eigenvalue weighted by molar-refractivity contribution is 6.07. The van der Waals surface area contributed by atoms with E-state index in [2.05, 4.69) is 10.6 Å². The van der Waals surface area contributed by atoms with E-state index in [1.807, 2.05) is 0 Å². The first-order chi connectivity index (χ1) is 12.3. The van der Waals surface area contributed by atoms with Crippen molar-refractivity contribution in [2.24, 2.45) is 0 Å². The average Bonchev–Trinajstić information content (AvgIpc) is 2.62. The quantitative estimate of drug-likeness (QED) is 0.619. The molecule has 26 heavy (non-hydrogen) atoms. The highest BCUT2D eigenvalue weighted by Crippen LogP contribution is 2.34. The van der Waals surface area contributed by atoms with E-state index in [4.69, 9.17) is 10.00 Å². The molecule has 0 radical (unpaired) electrons. The first-order valence-electron chi connectivity index (χ1n) is 7.33. The minimum atomic E-state index is -4.63. The van der Waals surface area contributed by atoms with Crippen LogP contribution in [0.15, 0.2) is 60.3 Å². The number of amides is 1. The van der Waals surface area contributed by atoms with Crippen molar-refractivity contribution >= 4 is 17.3 Å². The maximum atomic E-state index is 13.0. The molecule has 2 aromatic rings. The van der Waals surface area contributed by atoms with Gasteiger partial charge in [-0.1, -0.05) is 18.2 Å². The minimum absolute atomic E-state index is 0.384. The van der Waals surface area contributed by atoms with Crippen LogP contribution in [0, 0.1) is 11.3 Å². The smallest absolute Gasteiger partial charge is 0.418 e. The van der Waals surface area contributed by atoms with Gasteiger partial charge >= 0.3 is 6.18 Å². The second-order valence-corrected chi connectivity index (χ2v) is 5.04. The van der Waals surface area contributed by atoms with Crippen LogP contribution in [0.2, 0.25) is 0 Å². The summed E-state index contributed by atoms with van der Waals surface area (Å²) in [6.45, 7) is 0. The number of para-hydroxylation sites is 1. The Balaban J connectivity index is 2.18. The molecule has 0 bridgehead atoms. The first kappa shape index (κ1) is 18.9. The van der Waals surface area contributed by atoms with Crippen molar-refractivity contribution in [1.29, 1.82) is 5.26 Å². The van der Waals surface area contributed by atoms with Crippen LogP contribution in [0.1, 0.15) is 5.56 Å². The van der Waals surface area contributed by atoms with Gasteiger partial charge in [-0.25, -0.2) is 0 Å². The van der Waals surface area contributed by atoms with Gasteiger partial charge in [0.05, 0.1) is 18.4 Å². The third kappa shape index (κ3) is 4.77. The van der Waals surface area contributed by atoms with Crippen LogP contribution in [0.25, 0.3) is 0 Å². The predicted molar refractivity (Wildman–Crippen MR) is 90.4 cm³/mol. The monoisotopic (exact) mass is 361 g/mol. The van der Waals surface area contributed by atoms with Crippen molar-refractivity contribution in [2.75, 3.05) is 17.7 Å². The van der Waals surface area contributed by atoms with Gasteiger partial charge in [-0.15, -0.1) is 0 Å². The van der Waals surface area contributed by atoms with E-state index in [-0.39, 0.29) is 5.57 Å². The molecule has 2 aromatic carbocycles. The zero-order valence-corrected chi connectivity index (χ0v) is 13.6. The Labute approximate surface area is 147 Å².